The van der Waals surface area contributed by atoms with Crippen LogP contribution in [0.1, 0.15) is 19.5 Å². The van der Waals surface area contributed by atoms with E-state index in [0.29, 0.717) is 35.4 Å². The SMILES string of the molecule is CCOc1cc(-c2nc(CC)c(-c3noc(O)n3)s2)ncn1. The number of aromatic nitrogens is 5. The molecule has 3 aromatic rings. The van der Waals surface area contributed by atoms with Crippen LogP contribution in [0.4, 0.5) is 0 Å². The molecule has 22 heavy (non-hydrogen) atoms. The Kier molecular flexibility index (Phi) is 3.96. The van der Waals surface area contributed by atoms with Gasteiger partial charge >= 0.3 is 6.08 Å². The number of thiazole rings is 1. The molecule has 8 nitrogen and oxygen atoms in total. The van der Waals surface area contributed by atoms with Crippen LogP contribution in [0.25, 0.3) is 21.4 Å². The summed E-state index contributed by atoms with van der Waals surface area (Å²) in [6.07, 6.45) is 1.67. The highest BCUT2D eigenvalue weighted by Crippen LogP contribution is 2.34. The lowest BCUT2D eigenvalue weighted by Crippen LogP contribution is -1.95. The van der Waals surface area contributed by atoms with Gasteiger partial charge in [-0.25, -0.2) is 15.0 Å². The largest absolute Gasteiger partial charge is 0.478 e. The Balaban J connectivity index is 2.02. The molecule has 0 saturated heterocycles. The van der Waals surface area contributed by atoms with Crippen molar-refractivity contribution < 1.29 is 14.4 Å². The molecule has 0 bridgehead atoms. The minimum absolute atomic E-state index is 0.317. The maximum absolute atomic E-state index is 9.20. The molecule has 114 valence electrons. The van der Waals surface area contributed by atoms with Crippen LogP contribution in [-0.4, -0.2) is 36.8 Å². The van der Waals surface area contributed by atoms with Crippen LogP contribution in [0.2, 0.25) is 0 Å². The Morgan fingerprint density at radius 3 is 2.82 bits per heavy atom. The summed E-state index contributed by atoms with van der Waals surface area (Å²) in [6, 6.07) is 1.74. The molecule has 9 heteroatoms. The van der Waals surface area contributed by atoms with Gasteiger partial charge in [0.25, 0.3) is 0 Å². The van der Waals surface area contributed by atoms with E-state index in [9.17, 15) is 5.11 Å². The normalized spacial score (nSPS) is 10.8. The fraction of sp³-hybridized carbons (Fsp3) is 0.308. The molecule has 0 aliphatic rings. The molecule has 0 spiro atoms. The van der Waals surface area contributed by atoms with E-state index in [4.69, 9.17) is 4.74 Å². The number of rotatable bonds is 5. The number of hydrogen-bond donors (Lipinski definition) is 1. The number of ether oxygens (including phenoxy) is 1. The van der Waals surface area contributed by atoms with Crippen molar-refractivity contribution in [3.8, 4) is 33.4 Å². The maximum atomic E-state index is 9.20. The van der Waals surface area contributed by atoms with Crippen LogP contribution in [-0.2, 0) is 6.42 Å². The van der Waals surface area contributed by atoms with Crippen LogP contribution in [0.5, 0.6) is 12.0 Å². The van der Waals surface area contributed by atoms with Gasteiger partial charge in [-0.1, -0.05) is 12.1 Å². The second-order valence-electron chi connectivity index (χ2n) is 4.22. The fourth-order valence-electron chi connectivity index (χ4n) is 1.87. The smallest absolute Gasteiger partial charge is 0.415 e. The molecule has 0 unspecified atom stereocenters. The highest BCUT2D eigenvalue weighted by atomic mass is 32.1. The molecule has 1 N–H and O–H groups in total. The quantitative estimate of drug-likeness (QED) is 0.763. The average molecular weight is 319 g/mol. The van der Waals surface area contributed by atoms with Crippen LogP contribution < -0.4 is 4.74 Å². The van der Waals surface area contributed by atoms with Crippen LogP contribution in [0.15, 0.2) is 16.9 Å². The van der Waals surface area contributed by atoms with E-state index in [1.54, 1.807) is 6.07 Å². The van der Waals surface area contributed by atoms with Crippen molar-refractivity contribution in [1.82, 2.24) is 25.1 Å². The van der Waals surface area contributed by atoms with Crippen molar-refractivity contribution >= 4 is 11.3 Å². The third-order valence-electron chi connectivity index (χ3n) is 2.80. The summed E-state index contributed by atoms with van der Waals surface area (Å²) in [4.78, 5) is 17.4. The number of hydrogen-bond acceptors (Lipinski definition) is 9. The average Bonchev–Trinajstić information content (AvgIpc) is 3.13. The van der Waals surface area contributed by atoms with Gasteiger partial charge in [-0.05, 0) is 13.3 Å². The molecule has 3 rings (SSSR count). The summed E-state index contributed by atoms with van der Waals surface area (Å²) in [6.45, 7) is 4.40. The highest BCUT2D eigenvalue weighted by Gasteiger charge is 2.19. The van der Waals surface area contributed by atoms with Gasteiger partial charge in [-0.15, -0.1) is 11.3 Å². The van der Waals surface area contributed by atoms with Gasteiger partial charge in [-0.3, -0.25) is 4.52 Å². The Morgan fingerprint density at radius 1 is 1.27 bits per heavy atom. The highest BCUT2D eigenvalue weighted by molar-refractivity contribution is 7.18. The van der Waals surface area contributed by atoms with Crippen LogP contribution in [0.3, 0.4) is 0 Å². The Morgan fingerprint density at radius 2 is 2.14 bits per heavy atom. The molecule has 3 heterocycles. The third-order valence-corrected chi connectivity index (χ3v) is 3.92. The van der Waals surface area contributed by atoms with Crippen LogP contribution >= 0.6 is 11.3 Å². The minimum atomic E-state index is -0.465. The van der Waals surface area contributed by atoms with E-state index >= 15 is 0 Å². The van der Waals surface area contributed by atoms with E-state index in [1.165, 1.54) is 17.7 Å². The fourth-order valence-corrected chi connectivity index (χ4v) is 2.91. The Labute approximate surface area is 129 Å². The standard InChI is InChI=1S/C13H13N5O3S/c1-3-7-10(11-17-13(19)21-18-11)22-12(16-7)8-5-9(20-4-2)15-6-14-8/h5-6H,3-4H2,1-2H3,(H,17,18,19). The summed E-state index contributed by atoms with van der Waals surface area (Å²) < 4.78 is 9.98. The monoisotopic (exact) mass is 319 g/mol. The summed E-state index contributed by atoms with van der Waals surface area (Å²) in [7, 11) is 0. The Hall–Kier alpha value is -2.55. The summed E-state index contributed by atoms with van der Waals surface area (Å²) in [5.41, 5.74) is 1.48. The van der Waals surface area contributed by atoms with Crippen LogP contribution in [0, 0.1) is 0 Å². The number of nitrogens with zero attached hydrogens (tertiary/aromatic N) is 5. The number of aryl methyl sites for hydroxylation is 1. The van der Waals surface area contributed by atoms with E-state index in [2.05, 4.69) is 29.6 Å². The van der Waals surface area contributed by atoms with Crippen molar-refractivity contribution in [2.75, 3.05) is 6.61 Å². The Bertz CT molecular complexity index is 786. The molecule has 3 aromatic heterocycles. The molecule has 0 saturated carbocycles. The molecule has 0 amide bonds. The topological polar surface area (TPSA) is 107 Å². The second kappa shape index (κ2) is 6.06. The van der Waals surface area contributed by atoms with E-state index in [-0.39, 0.29) is 0 Å². The van der Waals surface area contributed by atoms with Crippen molar-refractivity contribution in [3.05, 3.63) is 18.1 Å². The lowest BCUT2D eigenvalue weighted by atomic mass is 10.3. The maximum Gasteiger partial charge on any atom is 0.415 e. The van der Waals surface area contributed by atoms with Gasteiger partial charge in [0, 0.05) is 6.07 Å². The predicted molar refractivity (Wildman–Crippen MR) is 78.6 cm³/mol. The first-order valence-electron chi connectivity index (χ1n) is 6.69. The molecule has 0 aliphatic heterocycles. The first kappa shape index (κ1) is 14.4. The number of aromatic hydroxyl groups is 1. The zero-order chi connectivity index (χ0) is 15.5. The molecular weight excluding hydrogens is 306 g/mol. The molecule has 0 aromatic carbocycles. The summed E-state index contributed by atoms with van der Waals surface area (Å²) >= 11 is 1.38. The lowest BCUT2D eigenvalue weighted by molar-refractivity contribution is 0.267. The van der Waals surface area contributed by atoms with Gasteiger partial charge in [0.15, 0.2) is 0 Å². The van der Waals surface area contributed by atoms with E-state index in [0.717, 1.165) is 10.6 Å². The second-order valence-corrected chi connectivity index (χ2v) is 5.22. The zero-order valence-electron chi connectivity index (χ0n) is 12.0. The first-order chi connectivity index (χ1) is 10.7. The summed E-state index contributed by atoms with van der Waals surface area (Å²) in [5.74, 6) is 0.816. The van der Waals surface area contributed by atoms with Gasteiger partial charge in [-0.2, -0.15) is 4.98 Å². The molecule has 0 radical (unpaired) electrons. The van der Waals surface area contributed by atoms with Crippen molar-refractivity contribution in [1.29, 1.82) is 0 Å². The molecule has 0 atom stereocenters. The third kappa shape index (κ3) is 2.75. The summed E-state index contributed by atoms with van der Waals surface area (Å²) in [5, 5.41) is 13.6. The van der Waals surface area contributed by atoms with Gasteiger partial charge < -0.3 is 9.84 Å². The van der Waals surface area contributed by atoms with Gasteiger partial charge in [0.1, 0.15) is 17.0 Å². The minimum Gasteiger partial charge on any atom is -0.478 e. The lowest BCUT2D eigenvalue weighted by Gasteiger charge is -2.01. The van der Waals surface area contributed by atoms with Crippen molar-refractivity contribution in [2.24, 2.45) is 0 Å². The van der Waals surface area contributed by atoms with Gasteiger partial charge in [0.2, 0.25) is 11.7 Å². The van der Waals surface area contributed by atoms with Crippen molar-refractivity contribution in [3.63, 3.8) is 0 Å². The zero-order valence-corrected chi connectivity index (χ0v) is 12.8. The van der Waals surface area contributed by atoms with Gasteiger partial charge in [0.05, 0.1) is 17.2 Å². The van der Waals surface area contributed by atoms with Crippen molar-refractivity contribution in [2.45, 2.75) is 20.3 Å². The molecule has 0 fully saturated rings. The first-order valence-corrected chi connectivity index (χ1v) is 7.50. The van der Waals surface area contributed by atoms with E-state index in [1.807, 2.05) is 13.8 Å². The predicted octanol–water partition coefficient (Wildman–Crippen LogP) is 2.32. The van der Waals surface area contributed by atoms with E-state index < -0.39 is 6.08 Å². The molecule has 0 aliphatic carbocycles. The molecular formula is C13H13N5O3S.